The molecule has 0 bridgehead atoms. The lowest BCUT2D eigenvalue weighted by Crippen LogP contribution is -2.51. The Kier molecular flexibility index (Phi) is 5.90. The Bertz CT molecular complexity index is 636. The summed E-state index contributed by atoms with van der Waals surface area (Å²) in [7, 11) is 0. The van der Waals surface area contributed by atoms with Gasteiger partial charge in [-0.15, -0.1) is 0 Å². The Morgan fingerprint density at radius 3 is 2.41 bits per heavy atom. The molecule has 0 unspecified atom stereocenters. The van der Waals surface area contributed by atoms with Gasteiger partial charge in [-0.2, -0.15) is 0 Å². The van der Waals surface area contributed by atoms with Gasteiger partial charge in [0.15, 0.2) is 0 Å². The molecular formula is C27H46O2. The monoisotopic (exact) mass is 402 g/mol. The van der Waals surface area contributed by atoms with Crippen molar-refractivity contribution in [2.24, 2.45) is 46.3 Å². The van der Waals surface area contributed by atoms with Crippen molar-refractivity contribution >= 4 is 0 Å². The van der Waals surface area contributed by atoms with Crippen LogP contribution in [0.2, 0.25) is 0 Å². The first-order valence-electron chi connectivity index (χ1n) is 12.8. The largest absolute Gasteiger partial charge is 0.512 e. The lowest BCUT2D eigenvalue weighted by molar-refractivity contribution is -0.0663. The standard InChI is InChI=1S/C27H46O2/c1-17(2)7-6-8-18(3)21-9-10-22-20-16-25(29)24-15-19(28)11-13-27(24,5)23(20)12-14-26(21,22)4/h17-23,28-29H,6-16H2,1-5H3/t18-,19-,20+,21-,22+,23+,26-,27-/m1/s1. The predicted octanol–water partition coefficient (Wildman–Crippen LogP) is 7.27. The lowest BCUT2D eigenvalue weighted by Gasteiger charge is -2.58. The summed E-state index contributed by atoms with van der Waals surface area (Å²) >= 11 is 0. The molecule has 0 aromatic heterocycles. The van der Waals surface area contributed by atoms with E-state index in [1.165, 1.54) is 50.5 Å². The quantitative estimate of drug-likeness (QED) is 0.507. The third kappa shape index (κ3) is 3.60. The van der Waals surface area contributed by atoms with E-state index < -0.39 is 0 Å². The van der Waals surface area contributed by atoms with Crippen LogP contribution in [0.25, 0.3) is 0 Å². The maximum absolute atomic E-state index is 11.0. The normalized spacial score (nSPS) is 45.7. The molecule has 0 aromatic rings. The number of hydrogen-bond donors (Lipinski definition) is 2. The first-order valence-corrected chi connectivity index (χ1v) is 12.8. The minimum atomic E-state index is -0.242. The first kappa shape index (κ1) is 21.7. The average molecular weight is 403 g/mol. The van der Waals surface area contributed by atoms with Gasteiger partial charge in [-0.25, -0.2) is 0 Å². The highest BCUT2D eigenvalue weighted by Gasteiger charge is 2.60. The summed E-state index contributed by atoms with van der Waals surface area (Å²) in [6.45, 7) is 12.3. The van der Waals surface area contributed by atoms with Crippen LogP contribution >= 0.6 is 0 Å². The fraction of sp³-hybridized carbons (Fsp3) is 0.926. The molecule has 3 fully saturated rings. The smallest absolute Gasteiger partial charge is 0.0924 e. The zero-order chi connectivity index (χ0) is 21.0. The van der Waals surface area contributed by atoms with Crippen molar-refractivity contribution in [2.75, 3.05) is 0 Å². The SMILES string of the molecule is CC(C)CCC[C@@H](C)[C@H]1CC[C@H]2[C@@H]3CC(O)=C4C[C@H](O)CC[C@]4(C)[C@H]3CC[C@]12C. The molecule has 0 aromatic carbocycles. The van der Waals surface area contributed by atoms with Gasteiger partial charge in [0.05, 0.1) is 11.9 Å². The summed E-state index contributed by atoms with van der Waals surface area (Å²) in [5, 5.41) is 21.3. The van der Waals surface area contributed by atoms with Crippen molar-refractivity contribution in [3.8, 4) is 0 Å². The molecule has 4 aliphatic carbocycles. The second-order valence-electron chi connectivity index (χ2n) is 12.4. The molecule has 3 saturated carbocycles. The van der Waals surface area contributed by atoms with Gasteiger partial charge in [-0.05, 0) is 96.9 Å². The van der Waals surface area contributed by atoms with Crippen LogP contribution in [0.4, 0.5) is 0 Å². The summed E-state index contributed by atoms with van der Waals surface area (Å²) in [4.78, 5) is 0. The van der Waals surface area contributed by atoms with E-state index in [0.29, 0.717) is 29.4 Å². The summed E-state index contributed by atoms with van der Waals surface area (Å²) in [5.41, 5.74) is 1.83. The fourth-order valence-electron chi connectivity index (χ4n) is 8.78. The average Bonchev–Trinajstić information content (AvgIpc) is 3.00. The fourth-order valence-corrected chi connectivity index (χ4v) is 8.78. The number of aliphatic hydroxyl groups excluding tert-OH is 2. The molecule has 4 aliphatic rings. The van der Waals surface area contributed by atoms with Crippen molar-refractivity contribution in [1.82, 2.24) is 0 Å². The molecule has 0 heterocycles. The van der Waals surface area contributed by atoms with E-state index in [0.717, 1.165) is 42.9 Å². The predicted molar refractivity (Wildman–Crippen MR) is 121 cm³/mol. The van der Waals surface area contributed by atoms with E-state index in [2.05, 4.69) is 34.6 Å². The molecular weight excluding hydrogens is 356 g/mol. The molecule has 0 saturated heterocycles. The molecule has 4 rings (SSSR count). The van der Waals surface area contributed by atoms with Gasteiger partial charge in [-0.1, -0.05) is 53.9 Å². The van der Waals surface area contributed by atoms with E-state index in [9.17, 15) is 10.2 Å². The van der Waals surface area contributed by atoms with Gasteiger partial charge < -0.3 is 10.2 Å². The van der Waals surface area contributed by atoms with E-state index >= 15 is 0 Å². The van der Waals surface area contributed by atoms with Crippen LogP contribution in [0.15, 0.2) is 11.3 Å². The van der Waals surface area contributed by atoms with Crippen molar-refractivity contribution < 1.29 is 10.2 Å². The molecule has 29 heavy (non-hydrogen) atoms. The van der Waals surface area contributed by atoms with Crippen molar-refractivity contribution in [1.29, 1.82) is 0 Å². The molecule has 0 aliphatic heterocycles. The zero-order valence-corrected chi connectivity index (χ0v) is 19.7. The van der Waals surface area contributed by atoms with Crippen LogP contribution in [0, 0.1) is 46.3 Å². The van der Waals surface area contributed by atoms with Crippen molar-refractivity contribution in [3.05, 3.63) is 11.3 Å². The van der Waals surface area contributed by atoms with Crippen LogP contribution in [-0.4, -0.2) is 16.3 Å². The van der Waals surface area contributed by atoms with Crippen LogP contribution in [-0.2, 0) is 0 Å². The van der Waals surface area contributed by atoms with Crippen LogP contribution < -0.4 is 0 Å². The Hall–Kier alpha value is -0.500. The van der Waals surface area contributed by atoms with Crippen molar-refractivity contribution in [2.45, 2.75) is 111 Å². The van der Waals surface area contributed by atoms with Gasteiger partial charge in [-0.3, -0.25) is 0 Å². The molecule has 0 amide bonds. The van der Waals surface area contributed by atoms with Gasteiger partial charge in [0.25, 0.3) is 0 Å². The lowest BCUT2D eigenvalue weighted by atomic mass is 9.46. The molecule has 0 radical (unpaired) electrons. The number of rotatable bonds is 5. The number of aliphatic hydroxyl groups is 2. The van der Waals surface area contributed by atoms with Gasteiger partial charge in [0, 0.05) is 6.42 Å². The minimum absolute atomic E-state index is 0.133. The summed E-state index contributed by atoms with van der Waals surface area (Å²) in [5.74, 6) is 5.35. The maximum atomic E-state index is 11.0. The maximum Gasteiger partial charge on any atom is 0.0924 e. The van der Waals surface area contributed by atoms with E-state index in [1.54, 1.807) is 0 Å². The van der Waals surface area contributed by atoms with Crippen LogP contribution in [0.1, 0.15) is 105 Å². The Morgan fingerprint density at radius 2 is 1.69 bits per heavy atom. The van der Waals surface area contributed by atoms with Crippen LogP contribution in [0.3, 0.4) is 0 Å². The Balaban J connectivity index is 1.53. The number of hydrogen-bond acceptors (Lipinski definition) is 2. The second-order valence-corrected chi connectivity index (χ2v) is 12.4. The third-order valence-corrected chi connectivity index (χ3v) is 10.4. The first-order chi connectivity index (χ1) is 13.7. The second kappa shape index (κ2) is 7.88. The van der Waals surface area contributed by atoms with E-state index in [4.69, 9.17) is 0 Å². The summed E-state index contributed by atoms with van der Waals surface area (Å²) in [6.07, 6.45) is 13.0. The highest BCUT2D eigenvalue weighted by Crippen LogP contribution is 2.68. The highest BCUT2D eigenvalue weighted by molar-refractivity contribution is 5.28. The molecule has 8 atom stereocenters. The molecule has 166 valence electrons. The summed E-state index contributed by atoms with van der Waals surface area (Å²) in [6, 6.07) is 0. The van der Waals surface area contributed by atoms with Gasteiger partial charge in [0.1, 0.15) is 0 Å². The van der Waals surface area contributed by atoms with E-state index in [-0.39, 0.29) is 11.5 Å². The van der Waals surface area contributed by atoms with Gasteiger partial charge in [0.2, 0.25) is 0 Å². The molecule has 0 spiro atoms. The zero-order valence-electron chi connectivity index (χ0n) is 19.7. The molecule has 2 heteroatoms. The minimum Gasteiger partial charge on any atom is -0.512 e. The molecule has 2 nitrogen and oxygen atoms in total. The van der Waals surface area contributed by atoms with Crippen molar-refractivity contribution in [3.63, 3.8) is 0 Å². The summed E-state index contributed by atoms with van der Waals surface area (Å²) < 4.78 is 0. The topological polar surface area (TPSA) is 40.5 Å². The Morgan fingerprint density at radius 1 is 0.931 bits per heavy atom. The van der Waals surface area contributed by atoms with Crippen LogP contribution in [0.5, 0.6) is 0 Å². The number of allylic oxidation sites excluding steroid dienone is 1. The van der Waals surface area contributed by atoms with Gasteiger partial charge >= 0.3 is 0 Å². The third-order valence-electron chi connectivity index (χ3n) is 10.4. The highest BCUT2D eigenvalue weighted by atomic mass is 16.3. The number of fused-ring (bicyclic) bond motifs is 5. The Labute approximate surface area is 179 Å². The molecule has 2 N–H and O–H groups in total. The van der Waals surface area contributed by atoms with E-state index in [1.807, 2.05) is 0 Å².